The van der Waals surface area contributed by atoms with Gasteiger partial charge in [0.1, 0.15) is 13.2 Å². The number of ether oxygens (including phenoxy) is 3. The molecule has 0 radical (unpaired) electrons. The lowest BCUT2D eigenvalue weighted by Crippen LogP contribution is -2.30. The summed E-state index contributed by atoms with van der Waals surface area (Å²) in [4.78, 5) is 38.1. The number of unbranched alkanes of at least 4 members (excludes halogenated alkanes) is 38. The molecule has 0 bridgehead atoms. The first-order chi connectivity index (χ1) is 32.0. The number of hydrogen-bond donors (Lipinski definition) is 0. The maximum atomic E-state index is 12.8. The molecular weight excluding hydrogens is 805 g/mol. The smallest absolute Gasteiger partial charge is 0.306 e. The third kappa shape index (κ3) is 52.7. The molecule has 0 amide bonds. The van der Waals surface area contributed by atoms with Gasteiger partial charge in [-0.05, 0) is 51.4 Å². The first-order valence-corrected chi connectivity index (χ1v) is 28.8. The first-order valence-electron chi connectivity index (χ1n) is 28.8. The van der Waals surface area contributed by atoms with Gasteiger partial charge in [0.15, 0.2) is 6.10 Å². The van der Waals surface area contributed by atoms with Crippen LogP contribution in [0.15, 0.2) is 24.3 Å². The highest BCUT2D eigenvalue weighted by Crippen LogP contribution is 2.17. The molecule has 0 rings (SSSR count). The lowest BCUT2D eigenvalue weighted by atomic mass is 10.0. The zero-order valence-corrected chi connectivity index (χ0v) is 43.8. The second kappa shape index (κ2) is 54.5. The molecule has 0 spiro atoms. The predicted molar refractivity (Wildman–Crippen MR) is 279 cm³/mol. The van der Waals surface area contributed by atoms with Crippen molar-refractivity contribution in [2.45, 2.75) is 322 Å². The summed E-state index contributed by atoms with van der Waals surface area (Å²) in [7, 11) is 0. The van der Waals surface area contributed by atoms with Crippen LogP contribution in [0.1, 0.15) is 316 Å². The minimum atomic E-state index is -0.769. The van der Waals surface area contributed by atoms with Crippen LogP contribution in [0.3, 0.4) is 0 Å². The third-order valence-corrected chi connectivity index (χ3v) is 13.0. The van der Waals surface area contributed by atoms with Crippen molar-refractivity contribution in [1.29, 1.82) is 0 Å². The fourth-order valence-corrected chi connectivity index (χ4v) is 8.59. The highest BCUT2D eigenvalue weighted by molar-refractivity contribution is 5.71. The lowest BCUT2D eigenvalue weighted by molar-refractivity contribution is -0.167. The van der Waals surface area contributed by atoms with Crippen molar-refractivity contribution >= 4 is 17.9 Å². The quantitative estimate of drug-likeness (QED) is 0.0262. The van der Waals surface area contributed by atoms with Crippen molar-refractivity contribution in [1.82, 2.24) is 0 Å². The molecular formula is C59H110O6. The van der Waals surface area contributed by atoms with E-state index in [0.717, 1.165) is 70.6 Å². The standard InChI is InChI=1S/C59H110O6/c1-4-7-10-13-16-19-22-24-26-28-30-32-34-37-40-43-46-49-52-58(61)64-55-56(54-63-57(60)51-48-45-42-39-36-21-18-15-12-9-6-3)65-59(62)53-50-47-44-41-38-35-33-31-29-27-25-23-20-17-14-11-8-5-2/h19,22,26,28,56H,4-18,20-21,23-25,27,29-55H2,1-3H3/b22-19-,28-26-. The van der Waals surface area contributed by atoms with E-state index >= 15 is 0 Å². The minimum absolute atomic E-state index is 0.0684. The Morgan fingerprint density at radius 1 is 0.308 bits per heavy atom. The normalized spacial score (nSPS) is 12.1. The van der Waals surface area contributed by atoms with Gasteiger partial charge in [0.05, 0.1) is 0 Å². The molecule has 6 heteroatoms. The Labute approximate surface area is 404 Å². The number of carbonyl (C=O) groups excluding carboxylic acids is 3. The van der Waals surface area contributed by atoms with E-state index in [0.29, 0.717) is 19.3 Å². The number of rotatable bonds is 53. The average molecular weight is 916 g/mol. The van der Waals surface area contributed by atoms with E-state index in [1.54, 1.807) is 0 Å². The Bertz CT molecular complexity index is 1050. The monoisotopic (exact) mass is 915 g/mol. The van der Waals surface area contributed by atoms with Crippen LogP contribution < -0.4 is 0 Å². The highest BCUT2D eigenvalue weighted by Gasteiger charge is 2.19. The summed E-state index contributed by atoms with van der Waals surface area (Å²) >= 11 is 0. The molecule has 0 heterocycles. The van der Waals surface area contributed by atoms with Gasteiger partial charge in [-0.1, -0.05) is 270 Å². The Hall–Kier alpha value is -2.11. The fourth-order valence-electron chi connectivity index (χ4n) is 8.59. The molecule has 1 atom stereocenters. The Morgan fingerprint density at radius 2 is 0.554 bits per heavy atom. The van der Waals surface area contributed by atoms with E-state index in [1.807, 2.05) is 0 Å². The zero-order chi connectivity index (χ0) is 47.2. The molecule has 0 aliphatic carbocycles. The number of esters is 3. The zero-order valence-electron chi connectivity index (χ0n) is 43.8. The van der Waals surface area contributed by atoms with Crippen molar-refractivity contribution in [3.8, 4) is 0 Å². The SMILES string of the molecule is CCCCCC/C=C\C/C=C\CCCCCCCCCC(=O)OCC(COC(=O)CCCCCCCCCCCCC)OC(=O)CCCCCCCCCCCCCCCCCCCC. The molecule has 0 N–H and O–H groups in total. The van der Waals surface area contributed by atoms with Crippen molar-refractivity contribution in [3.63, 3.8) is 0 Å². The molecule has 0 aromatic heterocycles. The van der Waals surface area contributed by atoms with Crippen LogP contribution in [-0.2, 0) is 28.6 Å². The van der Waals surface area contributed by atoms with Crippen molar-refractivity contribution in [3.05, 3.63) is 24.3 Å². The van der Waals surface area contributed by atoms with E-state index in [2.05, 4.69) is 45.1 Å². The van der Waals surface area contributed by atoms with Crippen LogP contribution in [0.4, 0.5) is 0 Å². The molecule has 0 aromatic carbocycles. The van der Waals surface area contributed by atoms with Crippen LogP contribution in [0.2, 0.25) is 0 Å². The van der Waals surface area contributed by atoms with Crippen molar-refractivity contribution < 1.29 is 28.6 Å². The topological polar surface area (TPSA) is 78.9 Å². The fraction of sp³-hybridized carbons (Fsp3) is 0.881. The third-order valence-electron chi connectivity index (χ3n) is 13.0. The predicted octanol–water partition coefficient (Wildman–Crippen LogP) is 19.1. The maximum Gasteiger partial charge on any atom is 0.306 e. The molecule has 0 saturated carbocycles. The van der Waals surface area contributed by atoms with E-state index in [-0.39, 0.29) is 31.1 Å². The van der Waals surface area contributed by atoms with E-state index in [4.69, 9.17) is 14.2 Å². The van der Waals surface area contributed by atoms with Gasteiger partial charge < -0.3 is 14.2 Å². The highest BCUT2D eigenvalue weighted by atomic mass is 16.6. The summed E-state index contributed by atoms with van der Waals surface area (Å²) in [5.74, 6) is -0.856. The van der Waals surface area contributed by atoms with Crippen LogP contribution in [0, 0.1) is 0 Å². The van der Waals surface area contributed by atoms with Crippen LogP contribution >= 0.6 is 0 Å². The molecule has 0 aromatic rings. The Morgan fingerprint density at radius 3 is 0.862 bits per heavy atom. The van der Waals surface area contributed by atoms with Gasteiger partial charge in [-0.25, -0.2) is 0 Å². The molecule has 6 nitrogen and oxygen atoms in total. The molecule has 0 aliphatic rings. The van der Waals surface area contributed by atoms with Gasteiger partial charge in [-0.15, -0.1) is 0 Å². The van der Waals surface area contributed by atoms with Crippen LogP contribution in [0.5, 0.6) is 0 Å². The summed E-state index contributed by atoms with van der Waals surface area (Å²) in [6, 6.07) is 0. The van der Waals surface area contributed by atoms with E-state index in [1.165, 1.54) is 205 Å². The van der Waals surface area contributed by atoms with Gasteiger partial charge in [0.25, 0.3) is 0 Å². The minimum Gasteiger partial charge on any atom is -0.462 e. The van der Waals surface area contributed by atoms with Crippen LogP contribution in [0.25, 0.3) is 0 Å². The molecule has 1 unspecified atom stereocenters. The summed E-state index contributed by atoms with van der Waals surface area (Å²) < 4.78 is 16.9. The van der Waals surface area contributed by atoms with Gasteiger partial charge in [0, 0.05) is 19.3 Å². The molecule has 0 fully saturated rings. The molecule has 382 valence electrons. The summed E-state index contributed by atoms with van der Waals surface area (Å²) in [5, 5.41) is 0. The Kier molecular flexibility index (Phi) is 52.7. The van der Waals surface area contributed by atoms with E-state index < -0.39 is 6.10 Å². The second-order valence-corrected chi connectivity index (χ2v) is 19.6. The summed E-state index contributed by atoms with van der Waals surface area (Å²) in [6.07, 6.45) is 63.1. The molecule has 0 saturated heterocycles. The lowest BCUT2D eigenvalue weighted by Gasteiger charge is -2.18. The van der Waals surface area contributed by atoms with E-state index in [9.17, 15) is 14.4 Å². The van der Waals surface area contributed by atoms with Gasteiger partial charge in [0.2, 0.25) is 0 Å². The number of hydrogen-bond acceptors (Lipinski definition) is 6. The maximum absolute atomic E-state index is 12.8. The van der Waals surface area contributed by atoms with Crippen molar-refractivity contribution in [2.75, 3.05) is 13.2 Å². The number of allylic oxidation sites excluding steroid dienone is 4. The Balaban J connectivity index is 4.30. The van der Waals surface area contributed by atoms with Gasteiger partial charge >= 0.3 is 17.9 Å². The number of carbonyl (C=O) groups is 3. The second-order valence-electron chi connectivity index (χ2n) is 19.6. The van der Waals surface area contributed by atoms with Gasteiger partial charge in [-0.3, -0.25) is 14.4 Å². The first kappa shape index (κ1) is 62.9. The van der Waals surface area contributed by atoms with Crippen LogP contribution in [-0.4, -0.2) is 37.2 Å². The van der Waals surface area contributed by atoms with Gasteiger partial charge in [-0.2, -0.15) is 0 Å². The largest absolute Gasteiger partial charge is 0.462 e. The summed E-state index contributed by atoms with van der Waals surface area (Å²) in [6.45, 7) is 6.66. The molecule has 0 aliphatic heterocycles. The summed E-state index contributed by atoms with van der Waals surface area (Å²) in [5.41, 5.74) is 0. The van der Waals surface area contributed by atoms with Crippen molar-refractivity contribution in [2.24, 2.45) is 0 Å². The molecule has 65 heavy (non-hydrogen) atoms. The average Bonchev–Trinajstić information content (AvgIpc) is 3.30.